The minimum Gasteiger partial charge on any atom is -0.345 e. The first-order chi connectivity index (χ1) is 10.3. The molecule has 3 rings (SSSR count). The van der Waals surface area contributed by atoms with Gasteiger partial charge in [0.2, 0.25) is 0 Å². The van der Waals surface area contributed by atoms with E-state index in [0.717, 1.165) is 15.8 Å². The summed E-state index contributed by atoms with van der Waals surface area (Å²) in [6.07, 6.45) is 3.24. The number of thiazole rings is 1. The third-order valence-electron chi connectivity index (χ3n) is 3.06. The molecule has 0 unspecified atom stereocenters. The Morgan fingerprint density at radius 3 is 2.76 bits per heavy atom. The lowest BCUT2D eigenvalue weighted by atomic mass is 10.1. The van der Waals surface area contributed by atoms with Crippen LogP contribution >= 0.6 is 11.3 Å². The van der Waals surface area contributed by atoms with Gasteiger partial charge in [-0.2, -0.15) is 0 Å². The second-order valence-corrected chi connectivity index (χ2v) is 5.30. The molecule has 0 atom stereocenters. The number of nitrogens with one attached hydrogen (secondary N) is 2. The number of carbonyl (C=O) groups is 1. The van der Waals surface area contributed by atoms with E-state index >= 15 is 0 Å². The normalized spacial score (nSPS) is 10.5. The average molecular weight is 299 g/mol. The van der Waals surface area contributed by atoms with Crippen LogP contribution in [0.1, 0.15) is 15.4 Å². The highest BCUT2D eigenvalue weighted by molar-refractivity contribution is 7.09. The van der Waals surface area contributed by atoms with Gasteiger partial charge in [0, 0.05) is 23.2 Å². The van der Waals surface area contributed by atoms with E-state index < -0.39 is 0 Å². The number of hydrogen-bond acceptors (Lipinski definition) is 6. The average Bonchev–Trinajstić information content (AvgIpc) is 3.05. The Morgan fingerprint density at radius 1 is 1.24 bits per heavy atom. The maximum Gasteiger partial charge on any atom is 0.253 e. The molecule has 2 aromatic heterocycles. The van der Waals surface area contributed by atoms with Gasteiger partial charge in [-0.3, -0.25) is 4.79 Å². The summed E-state index contributed by atoms with van der Waals surface area (Å²) >= 11 is 1.50. The summed E-state index contributed by atoms with van der Waals surface area (Å²) in [6, 6.07) is 7.49. The van der Waals surface area contributed by atoms with E-state index in [2.05, 4.69) is 20.7 Å². The third-order valence-corrected chi connectivity index (χ3v) is 3.84. The number of pyridine rings is 1. The Balaban J connectivity index is 1.91. The zero-order valence-electron chi connectivity index (χ0n) is 11.0. The standard InChI is InChI=1S/C14H13N5OS/c15-19-13-10-4-2-1-3-9(10)11(7-17-13)14(20)18-8-12-16-5-6-21-12/h1-7H,8,15H2,(H,17,19)(H,18,20). The molecule has 0 radical (unpaired) electrons. The Morgan fingerprint density at radius 2 is 2.05 bits per heavy atom. The lowest BCUT2D eigenvalue weighted by Gasteiger charge is -2.09. The third kappa shape index (κ3) is 2.69. The van der Waals surface area contributed by atoms with Crippen molar-refractivity contribution in [3.8, 4) is 0 Å². The van der Waals surface area contributed by atoms with E-state index in [1.54, 1.807) is 6.20 Å². The van der Waals surface area contributed by atoms with Crippen LogP contribution in [0.15, 0.2) is 42.0 Å². The number of fused-ring (bicyclic) bond motifs is 1. The van der Waals surface area contributed by atoms with Crippen LogP contribution in [0.3, 0.4) is 0 Å². The first kappa shape index (κ1) is 13.5. The van der Waals surface area contributed by atoms with E-state index in [4.69, 9.17) is 5.84 Å². The highest BCUT2D eigenvalue weighted by Crippen LogP contribution is 2.23. The van der Waals surface area contributed by atoms with Crippen LogP contribution in [0.5, 0.6) is 0 Å². The van der Waals surface area contributed by atoms with Crippen LogP contribution in [0.2, 0.25) is 0 Å². The van der Waals surface area contributed by atoms with Gasteiger partial charge in [-0.1, -0.05) is 24.3 Å². The van der Waals surface area contributed by atoms with Crippen molar-refractivity contribution in [2.45, 2.75) is 6.54 Å². The van der Waals surface area contributed by atoms with E-state index in [0.29, 0.717) is 17.9 Å². The molecule has 0 saturated carbocycles. The van der Waals surface area contributed by atoms with E-state index in [1.807, 2.05) is 29.6 Å². The van der Waals surface area contributed by atoms with Gasteiger partial charge in [0.15, 0.2) is 0 Å². The summed E-state index contributed by atoms with van der Waals surface area (Å²) < 4.78 is 0. The highest BCUT2D eigenvalue weighted by atomic mass is 32.1. The number of nitrogens with zero attached hydrogens (tertiary/aromatic N) is 2. The number of carbonyl (C=O) groups excluding carboxylic acids is 1. The summed E-state index contributed by atoms with van der Waals surface area (Å²) in [5.41, 5.74) is 3.05. The second-order valence-electron chi connectivity index (χ2n) is 4.32. The minimum absolute atomic E-state index is 0.183. The highest BCUT2D eigenvalue weighted by Gasteiger charge is 2.13. The van der Waals surface area contributed by atoms with E-state index in [9.17, 15) is 4.79 Å². The lowest BCUT2D eigenvalue weighted by Crippen LogP contribution is -2.23. The molecule has 0 aliphatic heterocycles. The Bertz CT molecular complexity index is 772. The zero-order chi connectivity index (χ0) is 14.7. The molecule has 0 bridgehead atoms. The maximum atomic E-state index is 12.3. The molecule has 2 heterocycles. The molecule has 0 aliphatic rings. The molecule has 0 fully saturated rings. The number of hydrazine groups is 1. The summed E-state index contributed by atoms with van der Waals surface area (Å²) in [5, 5.41) is 7.20. The van der Waals surface area contributed by atoms with Crippen LogP contribution in [-0.2, 0) is 6.54 Å². The molecule has 7 heteroatoms. The van der Waals surface area contributed by atoms with Gasteiger partial charge in [-0.15, -0.1) is 11.3 Å². The number of hydrogen-bond donors (Lipinski definition) is 3. The first-order valence-corrected chi connectivity index (χ1v) is 7.18. The van der Waals surface area contributed by atoms with Crippen LogP contribution in [0.4, 0.5) is 5.82 Å². The first-order valence-electron chi connectivity index (χ1n) is 6.30. The summed E-state index contributed by atoms with van der Waals surface area (Å²) in [5.74, 6) is 5.81. The molecule has 1 aromatic carbocycles. The van der Waals surface area contributed by atoms with Gasteiger partial charge in [0.1, 0.15) is 10.8 Å². The maximum absolute atomic E-state index is 12.3. The molecular weight excluding hydrogens is 286 g/mol. The van der Waals surface area contributed by atoms with Gasteiger partial charge in [0.05, 0.1) is 12.1 Å². The van der Waals surface area contributed by atoms with Gasteiger partial charge in [-0.25, -0.2) is 15.8 Å². The van der Waals surface area contributed by atoms with Crippen molar-refractivity contribution in [3.05, 3.63) is 52.6 Å². The monoisotopic (exact) mass is 299 g/mol. The number of aromatic nitrogens is 2. The zero-order valence-corrected chi connectivity index (χ0v) is 11.9. The van der Waals surface area contributed by atoms with Gasteiger partial charge in [-0.05, 0) is 5.39 Å². The fourth-order valence-corrected chi connectivity index (χ4v) is 2.64. The molecule has 4 N–H and O–H groups in total. The Labute approximate surface area is 125 Å². The largest absolute Gasteiger partial charge is 0.345 e. The Hall–Kier alpha value is -2.51. The molecule has 0 spiro atoms. The van der Waals surface area contributed by atoms with Crippen LogP contribution < -0.4 is 16.6 Å². The van der Waals surface area contributed by atoms with Crippen LogP contribution in [0, 0.1) is 0 Å². The molecule has 0 aliphatic carbocycles. The van der Waals surface area contributed by atoms with E-state index in [1.165, 1.54) is 17.5 Å². The molecule has 1 amide bonds. The smallest absolute Gasteiger partial charge is 0.253 e. The number of amides is 1. The molecule has 106 valence electrons. The molecule has 3 aromatic rings. The van der Waals surface area contributed by atoms with Gasteiger partial charge in [0.25, 0.3) is 5.91 Å². The van der Waals surface area contributed by atoms with Crippen LogP contribution in [0.25, 0.3) is 10.8 Å². The van der Waals surface area contributed by atoms with Crippen molar-refractivity contribution in [2.75, 3.05) is 5.43 Å². The van der Waals surface area contributed by atoms with Crippen molar-refractivity contribution in [3.63, 3.8) is 0 Å². The number of nitrogens with two attached hydrogens (primary N) is 1. The van der Waals surface area contributed by atoms with Crippen molar-refractivity contribution in [1.29, 1.82) is 0 Å². The number of anilines is 1. The summed E-state index contributed by atoms with van der Waals surface area (Å²) in [4.78, 5) is 20.6. The fraction of sp³-hybridized carbons (Fsp3) is 0.0714. The SMILES string of the molecule is NNc1ncc(C(=O)NCc2nccs2)c2ccccc12. The van der Waals surface area contributed by atoms with Crippen molar-refractivity contribution in [1.82, 2.24) is 15.3 Å². The second kappa shape index (κ2) is 5.86. The summed E-state index contributed by atoms with van der Waals surface area (Å²) in [7, 11) is 0. The molecule has 0 saturated heterocycles. The topological polar surface area (TPSA) is 92.9 Å². The van der Waals surface area contributed by atoms with E-state index in [-0.39, 0.29) is 5.91 Å². The lowest BCUT2D eigenvalue weighted by molar-refractivity contribution is 0.0952. The molecular formula is C14H13N5OS. The van der Waals surface area contributed by atoms with Crippen molar-refractivity contribution < 1.29 is 4.79 Å². The number of nitrogen functional groups attached to an aromatic ring is 1. The number of benzene rings is 1. The molecule has 21 heavy (non-hydrogen) atoms. The predicted octanol–water partition coefficient (Wildman–Crippen LogP) is 1.91. The minimum atomic E-state index is -0.183. The quantitative estimate of drug-likeness (QED) is 0.505. The van der Waals surface area contributed by atoms with Gasteiger partial charge >= 0.3 is 0 Å². The predicted molar refractivity (Wildman–Crippen MR) is 82.8 cm³/mol. The van der Waals surface area contributed by atoms with Crippen molar-refractivity contribution >= 4 is 33.8 Å². The number of rotatable bonds is 4. The van der Waals surface area contributed by atoms with Crippen molar-refractivity contribution in [2.24, 2.45) is 5.84 Å². The molecule has 6 nitrogen and oxygen atoms in total. The van der Waals surface area contributed by atoms with Crippen LogP contribution in [-0.4, -0.2) is 15.9 Å². The fourth-order valence-electron chi connectivity index (χ4n) is 2.08. The summed E-state index contributed by atoms with van der Waals surface area (Å²) in [6.45, 7) is 0.404. The Kier molecular flexibility index (Phi) is 3.76. The van der Waals surface area contributed by atoms with Gasteiger partial charge < -0.3 is 10.7 Å².